The molecule has 0 bridgehead atoms. The number of benzene rings is 2. The van der Waals surface area contributed by atoms with Crippen molar-refractivity contribution < 1.29 is 18.8 Å². The molecule has 1 unspecified atom stereocenters. The van der Waals surface area contributed by atoms with Gasteiger partial charge in [0, 0.05) is 6.07 Å². The molecular formula is C15H12FNO4. The van der Waals surface area contributed by atoms with E-state index in [0.29, 0.717) is 5.56 Å². The largest absolute Gasteiger partial charge is 0.454 e. The fourth-order valence-electron chi connectivity index (χ4n) is 1.88. The van der Waals surface area contributed by atoms with Gasteiger partial charge in [-0.2, -0.15) is 0 Å². The van der Waals surface area contributed by atoms with Gasteiger partial charge in [0.1, 0.15) is 11.9 Å². The summed E-state index contributed by atoms with van der Waals surface area (Å²) in [6.07, 6.45) is -0.788. The van der Waals surface area contributed by atoms with Crippen molar-refractivity contribution in [2.24, 2.45) is 0 Å². The van der Waals surface area contributed by atoms with Crippen LogP contribution in [0.5, 0.6) is 0 Å². The minimum atomic E-state index is -0.788. The highest BCUT2D eigenvalue weighted by Gasteiger charge is 2.21. The summed E-state index contributed by atoms with van der Waals surface area (Å²) in [4.78, 5) is 22.3. The van der Waals surface area contributed by atoms with E-state index in [-0.39, 0.29) is 11.3 Å². The summed E-state index contributed by atoms with van der Waals surface area (Å²) in [5.74, 6) is -1.13. The molecular weight excluding hydrogens is 277 g/mol. The number of esters is 1. The second kappa shape index (κ2) is 6.13. The first-order valence-electron chi connectivity index (χ1n) is 6.19. The Morgan fingerprint density at radius 2 is 1.81 bits per heavy atom. The van der Waals surface area contributed by atoms with E-state index >= 15 is 0 Å². The van der Waals surface area contributed by atoms with Crippen molar-refractivity contribution in [1.29, 1.82) is 0 Å². The highest BCUT2D eigenvalue weighted by molar-refractivity contribution is 5.89. The molecule has 0 amide bonds. The molecule has 0 saturated carbocycles. The van der Waals surface area contributed by atoms with Crippen LogP contribution in [0.1, 0.15) is 28.9 Å². The maximum Gasteiger partial charge on any atom is 0.338 e. The van der Waals surface area contributed by atoms with Crippen molar-refractivity contribution in [3.63, 3.8) is 0 Å². The number of hydrogen-bond donors (Lipinski definition) is 0. The zero-order chi connectivity index (χ0) is 15.4. The number of nitro benzene ring substituents is 1. The number of carbonyl (C=O) groups is 1. The van der Waals surface area contributed by atoms with Gasteiger partial charge in [-0.1, -0.05) is 12.1 Å². The number of rotatable bonds is 4. The number of nitrogens with zero attached hydrogens (tertiary/aromatic N) is 1. The van der Waals surface area contributed by atoms with E-state index in [4.69, 9.17) is 4.74 Å². The first kappa shape index (κ1) is 14.6. The highest BCUT2D eigenvalue weighted by atomic mass is 19.1. The summed E-state index contributed by atoms with van der Waals surface area (Å²) >= 11 is 0. The average molecular weight is 289 g/mol. The van der Waals surface area contributed by atoms with E-state index in [2.05, 4.69) is 0 Å². The predicted molar refractivity (Wildman–Crippen MR) is 73.3 cm³/mol. The Labute approximate surface area is 120 Å². The third-order valence-corrected chi connectivity index (χ3v) is 2.94. The Morgan fingerprint density at radius 3 is 2.43 bits per heavy atom. The topological polar surface area (TPSA) is 69.4 Å². The van der Waals surface area contributed by atoms with Crippen molar-refractivity contribution in [3.8, 4) is 0 Å². The van der Waals surface area contributed by atoms with E-state index < -0.39 is 22.8 Å². The van der Waals surface area contributed by atoms with Crippen LogP contribution in [-0.4, -0.2) is 10.9 Å². The molecule has 21 heavy (non-hydrogen) atoms. The van der Waals surface area contributed by atoms with Gasteiger partial charge in [0.15, 0.2) is 0 Å². The Kier molecular flexibility index (Phi) is 4.27. The molecule has 2 aromatic rings. The number of para-hydroxylation sites is 1. The molecule has 108 valence electrons. The van der Waals surface area contributed by atoms with Crippen LogP contribution in [-0.2, 0) is 4.74 Å². The standard InChI is InChI=1S/C15H12FNO4/c1-10(13-4-2-3-5-14(13)17(19)20)21-15(18)11-6-8-12(16)9-7-11/h2-10H,1H3. The van der Waals surface area contributed by atoms with Crippen molar-refractivity contribution in [2.75, 3.05) is 0 Å². The van der Waals surface area contributed by atoms with Gasteiger partial charge < -0.3 is 4.74 Å². The molecule has 0 N–H and O–H groups in total. The summed E-state index contributed by atoms with van der Waals surface area (Å²) in [5, 5.41) is 10.9. The zero-order valence-electron chi connectivity index (χ0n) is 11.2. The number of hydrogen-bond acceptors (Lipinski definition) is 4. The van der Waals surface area contributed by atoms with Gasteiger partial charge in [0.05, 0.1) is 16.1 Å². The fourth-order valence-corrected chi connectivity index (χ4v) is 1.88. The fraction of sp³-hybridized carbons (Fsp3) is 0.133. The lowest BCUT2D eigenvalue weighted by atomic mass is 10.1. The molecule has 0 spiro atoms. The van der Waals surface area contributed by atoms with E-state index in [0.717, 1.165) is 12.1 Å². The van der Waals surface area contributed by atoms with Gasteiger partial charge in [-0.25, -0.2) is 9.18 Å². The Balaban J connectivity index is 2.18. The SMILES string of the molecule is CC(OC(=O)c1ccc(F)cc1)c1ccccc1[N+](=O)[O-]. The Hall–Kier alpha value is -2.76. The minimum Gasteiger partial charge on any atom is -0.454 e. The third kappa shape index (κ3) is 3.42. The minimum absolute atomic E-state index is 0.114. The molecule has 0 radical (unpaired) electrons. The van der Waals surface area contributed by atoms with Gasteiger partial charge >= 0.3 is 5.97 Å². The average Bonchev–Trinajstić information content (AvgIpc) is 2.47. The summed E-state index contributed by atoms with van der Waals surface area (Å²) in [5.41, 5.74) is 0.372. The summed E-state index contributed by atoms with van der Waals surface area (Å²) in [6.45, 7) is 1.55. The van der Waals surface area contributed by atoms with E-state index in [1.807, 2.05) is 0 Å². The van der Waals surface area contributed by atoms with Crippen LogP contribution >= 0.6 is 0 Å². The number of carbonyl (C=O) groups excluding carboxylic acids is 1. The first-order chi connectivity index (χ1) is 9.99. The van der Waals surface area contributed by atoms with Gasteiger partial charge in [-0.3, -0.25) is 10.1 Å². The molecule has 0 aliphatic rings. The number of halogens is 1. The van der Waals surface area contributed by atoms with Crippen LogP contribution in [0.3, 0.4) is 0 Å². The lowest BCUT2D eigenvalue weighted by Gasteiger charge is -2.13. The molecule has 0 aromatic heterocycles. The lowest BCUT2D eigenvalue weighted by molar-refractivity contribution is -0.386. The normalized spacial score (nSPS) is 11.7. The van der Waals surface area contributed by atoms with Crippen LogP contribution in [0.15, 0.2) is 48.5 Å². The molecule has 2 rings (SSSR count). The second-order valence-electron chi connectivity index (χ2n) is 4.37. The van der Waals surface area contributed by atoms with E-state index in [1.54, 1.807) is 13.0 Å². The van der Waals surface area contributed by atoms with Crippen LogP contribution < -0.4 is 0 Å². The molecule has 0 fully saturated rings. The van der Waals surface area contributed by atoms with Gasteiger partial charge in [0.2, 0.25) is 0 Å². The van der Waals surface area contributed by atoms with Crippen molar-refractivity contribution in [3.05, 3.63) is 75.6 Å². The molecule has 0 saturated heterocycles. The zero-order valence-corrected chi connectivity index (χ0v) is 11.2. The number of ether oxygens (including phenoxy) is 1. The van der Waals surface area contributed by atoms with Crippen LogP contribution in [0.4, 0.5) is 10.1 Å². The maximum absolute atomic E-state index is 12.8. The van der Waals surface area contributed by atoms with Crippen molar-refractivity contribution >= 4 is 11.7 Å². The summed E-state index contributed by atoms with van der Waals surface area (Å²) in [6, 6.07) is 10.9. The third-order valence-electron chi connectivity index (χ3n) is 2.94. The van der Waals surface area contributed by atoms with Crippen LogP contribution in [0.2, 0.25) is 0 Å². The van der Waals surface area contributed by atoms with Crippen molar-refractivity contribution in [1.82, 2.24) is 0 Å². The highest BCUT2D eigenvalue weighted by Crippen LogP contribution is 2.27. The van der Waals surface area contributed by atoms with E-state index in [9.17, 15) is 19.3 Å². The Morgan fingerprint density at radius 1 is 1.19 bits per heavy atom. The van der Waals surface area contributed by atoms with Gasteiger partial charge in [0.25, 0.3) is 5.69 Å². The second-order valence-corrected chi connectivity index (χ2v) is 4.37. The van der Waals surface area contributed by atoms with Crippen LogP contribution in [0, 0.1) is 15.9 Å². The molecule has 0 aliphatic carbocycles. The molecule has 6 heteroatoms. The smallest absolute Gasteiger partial charge is 0.338 e. The van der Waals surface area contributed by atoms with Gasteiger partial charge in [-0.05, 0) is 37.3 Å². The number of nitro groups is 1. The molecule has 0 aliphatic heterocycles. The Bertz CT molecular complexity index is 670. The summed E-state index contributed by atoms with van der Waals surface area (Å²) in [7, 11) is 0. The van der Waals surface area contributed by atoms with Crippen molar-refractivity contribution in [2.45, 2.75) is 13.0 Å². The quantitative estimate of drug-likeness (QED) is 0.489. The maximum atomic E-state index is 12.8. The van der Waals surface area contributed by atoms with Crippen LogP contribution in [0.25, 0.3) is 0 Å². The van der Waals surface area contributed by atoms with Gasteiger partial charge in [-0.15, -0.1) is 0 Å². The molecule has 2 aromatic carbocycles. The molecule has 5 nitrogen and oxygen atoms in total. The predicted octanol–water partition coefficient (Wildman–Crippen LogP) is 3.65. The van der Waals surface area contributed by atoms with E-state index in [1.165, 1.54) is 30.3 Å². The molecule has 1 atom stereocenters. The first-order valence-corrected chi connectivity index (χ1v) is 6.19. The lowest BCUT2D eigenvalue weighted by Crippen LogP contribution is -2.10. The monoisotopic (exact) mass is 289 g/mol. The molecule has 0 heterocycles. The summed E-state index contributed by atoms with van der Waals surface area (Å²) < 4.78 is 18.0.